The number of aryl methyl sites for hydroxylation is 2. The smallest absolute Gasteiger partial charge is 0.257 e. The number of hydrogen-bond acceptors (Lipinski definition) is 4. The number of anilines is 1. The molecule has 0 saturated carbocycles. The van der Waals surface area contributed by atoms with Crippen LogP contribution in [0.25, 0.3) is 0 Å². The lowest BCUT2D eigenvalue weighted by Gasteiger charge is -2.38. The van der Waals surface area contributed by atoms with E-state index in [1.54, 1.807) is 10.6 Å². The van der Waals surface area contributed by atoms with Gasteiger partial charge in [0.05, 0.1) is 5.92 Å². The Morgan fingerprint density at radius 3 is 2.93 bits per heavy atom. The normalized spacial score (nSPS) is 21.2. The van der Waals surface area contributed by atoms with Gasteiger partial charge in [0, 0.05) is 35.3 Å². The molecule has 0 N–H and O–H groups in total. The molecule has 28 heavy (non-hydrogen) atoms. The molecule has 1 aromatic heterocycles. The van der Waals surface area contributed by atoms with Crippen molar-refractivity contribution in [2.45, 2.75) is 57.8 Å². The van der Waals surface area contributed by atoms with Gasteiger partial charge in [0.25, 0.3) is 5.56 Å². The number of halogens is 1. The molecule has 5 nitrogen and oxygen atoms in total. The van der Waals surface area contributed by atoms with E-state index in [0.29, 0.717) is 29.4 Å². The zero-order chi connectivity index (χ0) is 20.0. The van der Waals surface area contributed by atoms with Gasteiger partial charge < -0.3 is 4.90 Å². The fourth-order valence-electron chi connectivity index (χ4n) is 4.20. The van der Waals surface area contributed by atoms with Gasteiger partial charge in [-0.1, -0.05) is 18.7 Å². The van der Waals surface area contributed by atoms with Gasteiger partial charge in [-0.2, -0.15) is 0 Å². The molecular formula is C21H24FN3O2S. The van der Waals surface area contributed by atoms with Gasteiger partial charge in [0.2, 0.25) is 5.91 Å². The number of aromatic nitrogens is 2. The van der Waals surface area contributed by atoms with Crippen molar-refractivity contribution >= 4 is 23.4 Å². The molecule has 0 bridgehead atoms. The summed E-state index contributed by atoms with van der Waals surface area (Å²) in [6, 6.07) is 4.69. The average Bonchev–Trinajstić information content (AvgIpc) is 2.68. The van der Waals surface area contributed by atoms with Gasteiger partial charge in [-0.05, 0) is 56.9 Å². The third-order valence-electron chi connectivity index (χ3n) is 5.76. The maximum Gasteiger partial charge on any atom is 0.257 e. The van der Waals surface area contributed by atoms with Crippen molar-refractivity contribution in [3.63, 3.8) is 0 Å². The second-order valence-electron chi connectivity index (χ2n) is 7.60. The molecule has 1 amide bonds. The molecule has 3 heterocycles. The lowest BCUT2D eigenvalue weighted by atomic mass is 9.94. The van der Waals surface area contributed by atoms with Gasteiger partial charge in [0.15, 0.2) is 5.16 Å². The minimum atomic E-state index is -0.303. The molecule has 148 valence electrons. The fraction of sp³-hybridized carbons (Fsp3) is 0.476. The number of amides is 1. The molecule has 7 heteroatoms. The van der Waals surface area contributed by atoms with Crippen molar-refractivity contribution in [1.82, 2.24) is 9.55 Å². The summed E-state index contributed by atoms with van der Waals surface area (Å²) in [4.78, 5) is 32.7. The predicted molar refractivity (Wildman–Crippen MR) is 108 cm³/mol. The molecule has 0 spiro atoms. The van der Waals surface area contributed by atoms with Gasteiger partial charge in [-0.15, -0.1) is 0 Å². The quantitative estimate of drug-likeness (QED) is 0.725. The van der Waals surface area contributed by atoms with Crippen molar-refractivity contribution in [2.75, 3.05) is 10.7 Å². The molecule has 1 aromatic carbocycles. The van der Waals surface area contributed by atoms with Crippen molar-refractivity contribution in [3.8, 4) is 0 Å². The summed E-state index contributed by atoms with van der Waals surface area (Å²) in [6.45, 7) is 6.19. The average molecular weight is 402 g/mol. The van der Waals surface area contributed by atoms with E-state index in [9.17, 15) is 14.0 Å². The standard InChI is InChI=1S/C21H24FN3O2S/c1-4-17-13(3)23-21-24(20(17)27)10-15(11-28-21)19(26)25-12(2)5-6-14-9-16(22)7-8-18(14)25/h7-9,12,15H,4-6,10-11H2,1-3H3. The van der Waals surface area contributed by atoms with Crippen LogP contribution in [0.2, 0.25) is 0 Å². The summed E-state index contributed by atoms with van der Waals surface area (Å²) in [5, 5.41) is 0.693. The van der Waals surface area contributed by atoms with Crippen LogP contribution in [0.15, 0.2) is 28.2 Å². The zero-order valence-electron chi connectivity index (χ0n) is 16.4. The Balaban J connectivity index is 1.67. The molecule has 2 aliphatic heterocycles. The monoisotopic (exact) mass is 401 g/mol. The van der Waals surface area contributed by atoms with Crippen LogP contribution < -0.4 is 10.5 Å². The number of nitrogens with zero attached hydrogens (tertiary/aromatic N) is 3. The second kappa shape index (κ2) is 7.35. The summed E-state index contributed by atoms with van der Waals surface area (Å²) in [6.07, 6.45) is 2.20. The number of thioether (sulfide) groups is 1. The van der Waals surface area contributed by atoms with Crippen LogP contribution in [-0.2, 0) is 24.2 Å². The lowest BCUT2D eigenvalue weighted by molar-refractivity contribution is -0.122. The van der Waals surface area contributed by atoms with E-state index in [2.05, 4.69) is 4.98 Å². The van der Waals surface area contributed by atoms with E-state index < -0.39 is 0 Å². The van der Waals surface area contributed by atoms with Crippen LogP contribution in [0.5, 0.6) is 0 Å². The van der Waals surface area contributed by atoms with Crippen LogP contribution in [-0.4, -0.2) is 27.3 Å². The summed E-state index contributed by atoms with van der Waals surface area (Å²) < 4.78 is 15.3. The van der Waals surface area contributed by atoms with E-state index in [1.807, 2.05) is 25.7 Å². The molecule has 2 aromatic rings. The Morgan fingerprint density at radius 2 is 2.18 bits per heavy atom. The first-order valence-corrected chi connectivity index (χ1v) is 10.7. The van der Waals surface area contributed by atoms with Gasteiger partial charge >= 0.3 is 0 Å². The number of rotatable bonds is 2. The molecule has 0 radical (unpaired) electrons. The Labute approximate surface area is 168 Å². The molecule has 0 aliphatic carbocycles. The van der Waals surface area contributed by atoms with Crippen molar-refractivity contribution in [1.29, 1.82) is 0 Å². The summed E-state index contributed by atoms with van der Waals surface area (Å²) in [5.74, 6) is 0.0187. The van der Waals surface area contributed by atoms with Crippen LogP contribution >= 0.6 is 11.8 Å². The minimum absolute atomic E-state index is 0.00346. The van der Waals surface area contributed by atoms with Crippen molar-refractivity contribution in [2.24, 2.45) is 5.92 Å². The Hall–Kier alpha value is -2.15. The van der Waals surface area contributed by atoms with Crippen LogP contribution in [0.4, 0.5) is 10.1 Å². The summed E-state index contributed by atoms with van der Waals surface area (Å²) >= 11 is 1.47. The molecule has 0 fully saturated rings. The van der Waals surface area contributed by atoms with Crippen LogP contribution in [0.3, 0.4) is 0 Å². The first-order valence-electron chi connectivity index (χ1n) is 9.75. The largest absolute Gasteiger partial charge is 0.309 e. The zero-order valence-corrected chi connectivity index (χ0v) is 17.2. The molecule has 2 aliphatic rings. The van der Waals surface area contributed by atoms with Crippen molar-refractivity contribution in [3.05, 3.63) is 51.2 Å². The van der Waals surface area contributed by atoms with E-state index in [-0.39, 0.29) is 29.2 Å². The first-order chi connectivity index (χ1) is 13.4. The maximum absolute atomic E-state index is 13.6. The maximum atomic E-state index is 13.6. The van der Waals surface area contributed by atoms with Crippen LogP contribution in [0.1, 0.15) is 37.1 Å². The minimum Gasteiger partial charge on any atom is -0.309 e. The lowest BCUT2D eigenvalue weighted by Crippen LogP contribution is -2.48. The highest BCUT2D eigenvalue weighted by atomic mass is 32.2. The first kappa shape index (κ1) is 19.2. The SMILES string of the molecule is CCc1c(C)nc2n(c1=O)CC(C(=O)N1c3ccc(F)cc3CCC1C)CS2. The van der Waals surface area contributed by atoms with Gasteiger partial charge in [0.1, 0.15) is 5.82 Å². The number of fused-ring (bicyclic) bond motifs is 2. The molecule has 2 atom stereocenters. The third kappa shape index (κ3) is 3.15. The number of hydrogen-bond donors (Lipinski definition) is 0. The summed E-state index contributed by atoms with van der Waals surface area (Å²) in [5.41, 5.74) is 3.12. The van der Waals surface area contributed by atoms with E-state index in [4.69, 9.17) is 0 Å². The van der Waals surface area contributed by atoms with Gasteiger partial charge in [-0.3, -0.25) is 14.2 Å². The highest BCUT2D eigenvalue weighted by Crippen LogP contribution is 2.35. The Bertz CT molecular complexity index is 1000. The number of benzene rings is 1. The molecular weight excluding hydrogens is 377 g/mol. The molecule has 2 unspecified atom stereocenters. The highest BCUT2D eigenvalue weighted by molar-refractivity contribution is 7.99. The third-order valence-corrected chi connectivity index (χ3v) is 6.90. The Morgan fingerprint density at radius 1 is 1.39 bits per heavy atom. The Kier molecular flexibility index (Phi) is 5.04. The van der Waals surface area contributed by atoms with Gasteiger partial charge in [-0.25, -0.2) is 9.37 Å². The number of carbonyl (C=O) groups is 1. The highest BCUT2D eigenvalue weighted by Gasteiger charge is 2.35. The van der Waals surface area contributed by atoms with E-state index >= 15 is 0 Å². The summed E-state index contributed by atoms with van der Waals surface area (Å²) in [7, 11) is 0. The number of carbonyl (C=O) groups excluding carboxylic acids is 1. The predicted octanol–water partition coefficient (Wildman–Crippen LogP) is 3.34. The van der Waals surface area contributed by atoms with Crippen molar-refractivity contribution < 1.29 is 9.18 Å². The topological polar surface area (TPSA) is 55.2 Å². The second-order valence-corrected chi connectivity index (χ2v) is 8.59. The fourth-order valence-corrected chi connectivity index (χ4v) is 5.32. The molecule has 0 saturated heterocycles. The molecule has 4 rings (SSSR count). The van der Waals surface area contributed by atoms with Crippen LogP contribution in [0, 0.1) is 18.7 Å². The van der Waals surface area contributed by atoms with E-state index in [1.165, 1.54) is 23.9 Å². The van der Waals surface area contributed by atoms with E-state index in [0.717, 1.165) is 29.8 Å².